The molecule has 3 rings (SSSR count). The summed E-state index contributed by atoms with van der Waals surface area (Å²) < 4.78 is 4.81. The average molecular weight is 390 g/mol. The molecule has 148 valence electrons. The van der Waals surface area contributed by atoms with Crippen LogP contribution in [0.25, 0.3) is 0 Å². The van der Waals surface area contributed by atoms with Crippen molar-refractivity contribution >= 4 is 23.4 Å². The van der Waals surface area contributed by atoms with Crippen molar-refractivity contribution < 1.29 is 14.3 Å². The minimum Gasteiger partial charge on any atom is -0.465 e. The summed E-state index contributed by atoms with van der Waals surface area (Å²) in [5, 5.41) is 3.07. The van der Waals surface area contributed by atoms with Crippen LogP contribution in [0.1, 0.15) is 33.3 Å². The van der Waals surface area contributed by atoms with Crippen LogP contribution in [-0.2, 0) is 11.3 Å². The molecule has 0 radical (unpaired) electrons. The van der Waals surface area contributed by atoms with E-state index in [-0.39, 0.29) is 11.6 Å². The molecular formula is C22H22N4O3. The van der Waals surface area contributed by atoms with Crippen molar-refractivity contribution in [1.29, 1.82) is 0 Å². The van der Waals surface area contributed by atoms with E-state index in [1.54, 1.807) is 35.2 Å². The highest BCUT2D eigenvalue weighted by molar-refractivity contribution is 5.97. The number of aromatic nitrogens is 2. The summed E-state index contributed by atoms with van der Waals surface area (Å²) in [5.74, 6) is -0.239. The first-order valence-electron chi connectivity index (χ1n) is 9.22. The molecule has 3 aromatic rings. The fraction of sp³-hybridized carbons (Fsp3) is 0.182. The SMILES string of the molecule is CCN(Cc1ccccc1)C(=O)c1cc(Nc2ccccc2C(=O)OC)ncn1. The van der Waals surface area contributed by atoms with Crippen molar-refractivity contribution in [1.82, 2.24) is 14.9 Å². The molecule has 0 aliphatic rings. The summed E-state index contributed by atoms with van der Waals surface area (Å²) in [6, 6.07) is 18.3. The monoisotopic (exact) mass is 390 g/mol. The molecule has 1 N–H and O–H groups in total. The molecule has 2 aromatic carbocycles. The molecule has 0 saturated heterocycles. The van der Waals surface area contributed by atoms with E-state index in [0.29, 0.717) is 30.2 Å². The maximum atomic E-state index is 12.9. The highest BCUT2D eigenvalue weighted by Crippen LogP contribution is 2.21. The van der Waals surface area contributed by atoms with Gasteiger partial charge in [-0.3, -0.25) is 4.79 Å². The number of amides is 1. The second-order valence-corrected chi connectivity index (χ2v) is 6.26. The molecule has 0 fully saturated rings. The summed E-state index contributed by atoms with van der Waals surface area (Å²) in [6.45, 7) is 2.97. The second-order valence-electron chi connectivity index (χ2n) is 6.26. The third-order valence-corrected chi connectivity index (χ3v) is 4.37. The first-order chi connectivity index (χ1) is 14.1. The maximum Gasteiger partial charge on any atom is 0.339 e. The zero-order valence-corrected chi connectivity index (χ0v) is 16.3. The Morgan fingerprint density at radius 1 is 1.03 bits per heavy atom. The minimum absolute atomic E-state index is 0.192. The number of carbonyl (C=O) groups excluding carboxylic acids is 2. The lowest BCUT2D eigenvalue weighted by atomic mass is 10.1. The molecule has 1 heterocycles. The van der Waals surface area contributed by atoms with Crippen molar-refractivity contribution in [3.8, 4) is 0 Å². The predicted molar refractivity (Wildman–Crippen MR) is 110 cm³/mol. The van der Waals surface area contributed by atoms with Crippen molar-refractivity contribution in [2.45, 2.75) is 13.5 Å². The Bertz CT molecular complexity index is 992. The van der Waals surface area contributed by atoms with Gasteiger partial charge in [0.1, 0.15) is 17.8 Å². The van der Waals surface area contributed by atoms with E-state index >= 15 is 0 Å². The Morgan fingerprint density at radius 3 is 2.48 bits per heavy atom. The van der Waals surface area contributed by atoms with Gasteiger partial charge in [-0.25, -0.2) is 14.8 Å². The van der Waals surface area contributed by atoms with Crippen LogP contribution in [0.2, 0.25) is 0 Å². The zero-order chi connectivity index (χ0) is 20.6. The standard InChI is InChI=1S/C22H22N4O3/c1-3-26(14-16-9-5-4-6-10-16)21(27)19-13-20(24-15-23-19)25-18-12-8-7-11-17(18)22(28)29-2/h4-13,15H,3,14H2,1-2H3,(H,23,24,25). The molecule has 7 nitrogen and oxygen atoms in total. The summed E-state index contributed by atoms with van der Waals surface area (Å²) in [7, 11) is 1.33. The molecule has 29 heavy (non-hydrogen) atoms. The fourth-order valence-electron chi connectivity index (χ4n) is 2.85. The number of carbonyl (C=O) groups is 2. The van der Waals surface area contributed by atoms with Crippen LogP contribution < -0.4 is 5.32 Å². The highest BCUT2D eigenvalue weighted by atomic mass is 16.5. The number of benzene rings is 2. The van der Waals surface area contributed by atoms with Gasteiger partial charge in [0, 0.05) is 19.2 Å². The molecule has 1 amide bonds. The number of rotatable bonds is 7. The topological polar surface area (TPSA) is 84.4 Å². The Hall–Kier alpha value is -3.74. The molecule has 0 atom stereocenters. The Kier molecular flexibility index (Phi) is 6.52. The van der Waals surface area contributed by atoms with Crippen molar-refractivity contribution in [2.75, 3.05) is 19.0 Å². The van der Waals surface area contributed by atoms with Gasteiger partial charge in [-0.2, -0.15) is 0 Å². The number of ether oxygens (including phenoxy) is 1. The van der Waals surface area contributed by atoms with E-state index in [2.05, 4.69) is 15.3 Å². The molecule has 0 saturated carbocycles. The number of para-hydroxylation sites is 1. The van der Waals surface area contributed by atoms with E-state index in [0.717, 1.165) is 5.56 Å². The van der Waals surface area contributed by atoms with Gasteiger partial charge < -0.3 is 15.0 Å². The lowest BCUT2D eigenvalue weighted by molar-refractivity contribution is 0.0601. The van der Waals surface area contributed by atoms with Crippen LogP contribution in [0.5, 0.6) is 0 Å². The molecular weight excluding hydrogens is 368 g/mol. The van der Waals surface area contributed by atoms with E-state index in [4.69, 9.17) is 4.74 Å². The molecule has 7 heteroatoms. The summed E-state index contributed by atoms with van der Waals surface area (Å²) in [6.07, 6.45) is 1.33. The smallest absolute Gasteiger partial charge is 0.339 e. The van der Waals surface area contributed by atoms with E-state index in [9.17, 15) is 9.59 Å². The van der Waals surface area contributed by atoms with Gasteiger partial charge in [-0.15, -0.1) is 0 Å². The zero-order valence-electron chi connectivity index (χ0n) is 16.3. The van der Waals surface area contributed by atoms with Crippen molar-refractivity contribution in [3.05, 3.63) is 83.8 Å². The highest BCUT2D eigenvalue weighted by Gasteiger charge is 2.17. The normalized spacial score (nSPS) is 10.3. The van der Waals surface area contributed by atoms with Crippen LogP contribution in [0.4, 0.5) is 11.5 Å². The first kappa shape index (κ1) is 20.0. The quantitative estimate of drug-likeness (QED) is 0.620. The molecule has 0 aliphatic carbocycles. The summed E-state index contributed by atoms with van der Waals surface area (Å²) in [4.78, 5) is 34.9. The Labute approximate surface area is 169 Å². The van der Waals surface area contributed by atoms with Gasteiger partial charge >= 0.3 is 5.97 Å². The second kappa shape index (κ2) is 9.45. The van der Waals surface area contributed by atoms with Gasteiger partial charge in [0.2, 0.25) is 0 Å². The van der Waals surface area contributed by atoms with Gasteiger partial charge in [0.05, 0.1) is 18.4 Å². The van der Waals surface area contributed by atoms with Crippen LogP contribution >= 0.6 is 0 Å². The number of nitrogens with zero attached hydrogens (tertiary/aromatic N) is 3. The molecule has 0 aliphatic heterocycles. The van der Waals surface area contributed by atoms with E-state index < -0.39 is 5.97 Å². The Morgan fingerprint density at radius 2 is 1.76 bits per heavy atom. The molecule has 0 unspecified atom stereocenters. The van der Waals surface area contributed by atoms with Crippen LogP contribution in [0.15, 0.2) is 67.0 Å². The van der Waals surface area contributed by atoms with Crippen molar-refractivity contribution in [2.24, 2.45) is 0 Å². The van der Waals surface area contributed by atoms with Gasteiger partial charge in [0.25, 0.3) is 5.91 Å². The molecule has 0 bridgehead atoms. The Balaban J connectivity index is 1.80. The van der Waals surface area contributed by atoms with Crippen LogP contribution in [-0.4, -0.2) is 40.4 Å². The molecule has 1 aromatic heterocycles. The third-order valence-electron chi connectivity index (χ3n) is 4.37. The summed E-state index contributed by atoms with van der Waals surface area (Å²) in [5.41, 5.74) is 2.23. The number of methoxy groups -OCH3 is 1. The number of esters is 1. The average Bonchev–Trinajstić information content (AvgIpc) is 2.77. The van der Waals surface area contributed by atoms with Gasteiger partial charge in [-0.1, -0.05) is 42.5 Å². The van der Waals surface area contributed by atoms with Gasteiger partial charge in [0.15, 0.2) is 0 Å². The van der Waals surface area contributed by atoms with Crippen molar-refractivity contribution in [3.63, 3.8) is 0 Å². The van der Waals surface area contributed by atoms with Gasteiger partial charge in [-0.05, 0) is 24.6 Å². The number of anilines is 2. The fourth-order valence-corrected chi connectivity index (χ4v) is 2.85. The summed E-state index contributed by atoms with van der Waals surface area (Å²) >= 11 is 0. The number of nitrogens with one attached hydrogen (secondary N) is 1. The maximum absolute atomic E-state index is 12.9. The van der Waals surface area contributed by atoms with Crippen LogP contribution in [0.3, 0.4) is 0 Å². The largest absolute Gasteiger partial charge is 0.465 e. The third kappa shape index (κ3) is 4.95. The van der Waals surface area contributed by atoms with Crippen LogP contribution in [0, 0.1) is 0 Å². The lowest BCUT2D eigenvalue weighted by Gasteiger charge is -2.20. The van der Waals surface area contributed by atoms with E-state index in [1.807, 2.05) is 37.3 Å². The lowest BCUT2D eigenvalue weighted by Crippen LogP contribution is -2.31. The number of hydrogen-bond donors (Lipinski definition) is 1. The minimum atomic E-state index is -0.460. The van der Waals surface area contributed by atoms with E-state index in [1.165, 1.54) is 13.4 Å². The molecule has 0 spiro atoms. The first-order valence-corrected chi connectivity index (χ1v) is 9.22. The number of hydrogen-bond acceptors (Lipinski definition) is 6. The predicted octanol–water partition coefficient (Wildman–Crippen LogP) is 3.67.